The van der Waals surface area contributed by atoms with Gasteiger partial charge in [-0.1, -0.05) is 17.4 Å². The van der Waals surface area contributed by atoms with E-state index in [-0.39, 0.29) is 23.5 Å². The molecule has 1 atom stereocenters. The summed E-state index contributed by atoms with van der Waals surface area (Å²) < 4.78 is 29.0. The molecular formula is C29H30N2O8S. The van der Waals surface area contributed by atoms with Gasteiger partial charge in [0, 0.05) is 18.6 Å². The molecule has 0 N–H and O–H groups in total. The minimum absolute atomic E-state index is 0.152. The number of benzene rings is 2. The Bertz CT molecular complexity index is 1670. The van der Waals surface area contributed by atoms with Crippen LogP contribution in [0.3, 0.4) is 0 Å². The van der Waals surface area contributed by atoms with Crippen LogP contribution < -0.4 is 33.8 Å². The lowest BCUT2D eigenvalue weighted by atomic mass is 9.95. The Hall–Kier alpha value is -4.38. The maximum absolute atomic E-state index is 13.9. The van der Waals surface area contributed by atoms with E-state index in [1.807, 2.05) is 0 Å². The molecule has 0 bridgehead atoms. The van der Waals surface area contributed by atoms with Crippen molar-refractivity contribution in [3.8, 4) is 23.0 Å². The fraction of sp³-hybridized carbons (Fsp3) is 0.310. The largest absolute Gasteiger partial charge is 0.497 e. The number of hydrogen-bond donors (Lipinski definition) is 0. The average Bonchev–Trinajstić information content (AvgIpc) is 3.23. The number of rotatable bonds is 9. The van der Waals surface area contributed by atoms with E-state index in [2.05, 4.69) is 4.99 Å². The summed E-state index contributed by atoms with van der Waals surface area (Å²) >= 11 is 1.20. The quantitative estimate of drug-likeness (QED) is 0.287. The molecule has 0 spiro atoms. The number of hydrogen-bond acceptors (Lipinski definition) is 10. The highest BCUT2D eigenvalue weighted by molar-refractivity contribution is 7.07. The highest BCUT2D eigenvalue weighted by Gasteiger charge is 2.34. The van der Waals surface area contributed by atoms with Gasteiger partial charge in [0.1, 0.15) is 11.5 Å². The fourth-order valence-corrected chi connectivity index (χ4v) is 5.43. The molecule has 2 heterocycles. The molecule has 11 heteroatoms. The van der Waals surface area contributed by atoms with E-state index in [1.165, 1.54) is 29.9 Å². The van der Waals surface area contributed by atoms with Gasteiger partial charge in [-0.25, -0.2) is 9.79 Å². The second-order valence-electron chi connectivity index (χ2n) is 8.64. The van der Waals surface area contributed by atoms with E-state index >= 15 is 0 Å². The van der Waals surface area contributed by atoms with Crippen LogP contribution in [-0.4, -0.2) is 43.9 Å². The number of thiazole rings is 1. The molecule has 0 amide bonds. The van der Waals surface area contributed by atoms with Crippen molar-refractivity contribution in [1.82, 2.24) is 4.57 Å². The van der Waals surface area contributed by atoms with Gasteiger partial charge in [-0.05, 0) is 56.7 Å². The lowest BCUT2D eigenvalue weighted by Crippen LogP contribution is -2.40. The molecule has 0 saturated carbocycles. The van der Waals surface area contributed by atoms with Gasteiger partial charge in [0.05, 0.1) is 49.3 Å². The molecule has 0 aliphatic carbocycles. The number of nitrogens with zero attached hydrogens (tertiary/aromatic N) is 2. The van der Waals surface area contributed by atoms with Crippen LogP contribution in [0, 0.1) is 0 Å². The van der Waals surface area contributed by atoms with Crippen LogP contribution in [0.2, 0.25) is 0 Å². The summed E-state index contributed by atoms with van der Waals surface area (Å²) in [6.45, 7) is 6.98. The predicted octanol–water partition coefficient (Wildman–Crippen LogP) is 3.14. The zero-order chi connectivity index (χ0) is 29.0. The molecule has 0 fully saturated rings. The van der Waals surface area contributed by atoms with Crippen LogP contribution in [0.1, 0.15) is 44.9 Å². The van der Waals surface area contributed by atoms with Gasteiger partial charge in [-0.15, -0.1) is 0 Å². The van der Waals surface area contributed by atoms with E-state index in [9.17, 15) is 14.4 Å². The number of ether oxygens (including phenoxy) is 5. The van der Waals surface area contributed by atoms with Crippen molar-refractivity contribution < 1.29 is 33.3 Å². The zero-order valence-electron chi connectivity index (χ0n) is 23.1. The molecule has 3 aromatic rings. The van der Waals surface area contributed by atoms with E-state index in [0.717, 1.165) is 0 Å². The third kappa shape index (κ3) is 5.64. The molecule has 1 aliphatic heterocycles. The van der Waals surface area contributed by atoms with Gasteiger partial charge in [0.25, 0.3) is 5.56 Å². The van der Waals surface area contributed by atoms with E-state index in [0.29, 0.717) is 50.0 Å². The zero-order valence-corrected chi connectivity index (χ0v) is 23.9. The Morgan fingerprint density at radius 2 is 1.80 bits per heavy atom. The van der Waals surface area contributed by atoms with Crippen molar-refractivity contribution in [3.63, 3.8) is 0 Å². The van der Waals surface area contributed by atoms with E-state index in [1.54, 1.807) is 70.4 Å². The topological polar surface area (TPSA) is 115 Å². The maximum atomic E-state index is 13.9. The predicted molar refractivity (Wildman–Crippen MR) is 149 cm³/mol. The lowest BCUT2D eigenvalue weighted by molar-refractivity contribution is -0.139. The number of aromatic nitrogens is 1. The first-order valence-electron chi connectivity index (χ1n) is 12.6. The monoisotopic (exact) mass is 566 g/mol. The van der Waals surface area contributed by atoms with Crippen molar-refractivity contribution in [1.29, 1.82) is 0 Å². The number of carbonyl (C=O) groups is 2. The summed E-state index contributed by atoms with van der Waals surface area (Å²) in [6, 6.07) is 9.37. The third-order valence-electron chi connectivity index (χ3n) is 6.08. The van der Waals surface area contributed by atoms with Crippen LogP contribution in [0.25, 0.3) is 6.08 Å². The highest BCUT2D eigenvalue weighted by Crippen LogP contribution is 2.36. The molecule has 210 valence electrons. The first kappa shape index (κ1) is 28.6. The van der Waals surface area contributed by atoms with Gasteiger partial charge in [-0.2, -0.15) is 0 Å². The van der Waals surface area contributed by atoms with Crippen molar-refractivity contribution in [2.75, 3.05) is 27.4 Å². The third-order valence-corrected chi connectivity index (χ3v) is 7.06. The Morgan fingerprint density at radius 1 is 1.02 bits per heavy atom. The van der Waals surface area contributed by atoms with Crippen molar-refractivity contribution in [2.24, 2.45) is 4.99 Å². The van der Waals surface area contributed by atoms with Gasteiger partial charge in [-0.3, -0.25) is 14.2 Å². The van der Waals surface area contributed by atoms with Crippen LogP contribution in [-0.2, 0) is 14.3 Å². The van der Waals surface area contributed by atoms with Crippen LogP contribution >= 0.6 is 11.3 Å². The van der Waals surface area contributed by atoms with Crippen LogP contribution in [0.5, 0.6) is 23.0 Å². The smallest absolute Gasteiger partial charge is 0.338 e. The normalized spacial score (nSPS) is 14.8. The average molecular weight is 567 g/mol. The molecule has 1 aromatic heterocycles. The fourth-order valence-electron chi connectivity index (χ4n) is 4.39. The lowest BCUT2D eigenvalue weighted by Gasteiger charge is -2.25. The van der Waals surface area contributed by atoms with Crippen molar-refractivity contribution in [2.45, 2.75) is 33.7 Å². The van der Waals surface area contributed by atoms with Gasteiger partial charge in [0.15, 0.2) is 16.3 Å². The minimum Gasteiger partial charge on any atom is -0.497 e. The number of carbonyl (C=O) groups excluding carboxylic acids is 2. The SMILES string of the molecule is CCOC(=O)C1=C(C)N=c2sc(=Cc3ccc(OC)cc3OC)c(=O)n2C1c1ccc(OC(C)=O)c(OCC)c1. The number of methoxy groups -OCH3 is 2. The first-order chi connectivity index (χ1) is 19.2. The number of fused-ring (bicyclic) bond motifs is 1. The van der Waals surface area contributed by atoms with Crippen molar-refractivity contribution in [3.05, 3.63) is 78.5 Å². The Morgan fingerprint density at radius 3 is 2.45 bits per heavy atom. The second-order valence-corrected chi connectivity index (χ2v) is 9.65. The summed E-state index contributed by atoms with van der Waals surface area (Å²) in [4.78, 5) is 43.8. The Labute approximate surface area is 234 Å². The highest BCUT2D eigenvalue weighted by atomic mass is 32.1. The number of allylic oxidation sites excluding steroid dienone is 1. The van der Waals surface area contributed by atoms with Crippen LogP contribution in [0.15, 0.2) is 57.5 Å². The van der Waals surface area contributed by atoms with Gasteiger partial charge in [0.2, 0.25) is 0 Å². The molecular weight excluding hydrogens is 536 g/mol. The Balaban J connectivity index is 1.96. The minimum atomic E-state index is -0.860. The van der Waals surface area contributed by atoms with Gasteiger partial charge < -0.3 is 23.7 Å². The van der Waals surface area contributed by atoms with E-state index < -0.39 is 18.0 Å². The standard InChI is InChI=1S/C29H30N2O8S/c1-7-37-23-13-19(10-12-21(23)39-17(4)32)26-25(28(34)38-8-2)16(3)30-29-31(26)27(33)24(40-29)14-18-9-11-20(35-5)15-22(18)36-6/h9-15,26H,7-8H2,1-6H3. The summed E-state index contributed by atoms with van der Waals surface area (Å²) in [5.74, 6) is 0.606. The first-order valence-corrected chi connectivity index (χ1v) is 13.4. The Kier molecular flexibility index (Phi) is 8.73. The maximum Gasteiger partial charge on any atom is 0.338 e. The van der Waals surface area contributed by atoms with Crippen LogP contribution in [0.4, 0.5) is 0 Å². The number of esters is 2. The summed E-state index contributed by atoms with van der Waals surface area (Å²) in [5, 5.41) is 0. The molecule has 0 saturated heterocycles. The van der Waals surface area contributed by atoms with Crippen molar-refractivity contribution >= 4 is 29.4 Å². The molecule has 40 heavy (non-hydrogen) atoms. The van der Waals surface area contributed by atoms with Gasteiger partial charge >= 0.3 is 11.9 Å². The molecule has 1 unspecified atom stereocenters. The second kappa shape index (κ2) is 12.2. The summed E-state index contributed by atoms with van der Waals surface area (Å²) in [7, 11) is 3.10. The summed E-state index contributed by atoms with van der Waals surface area (Å²) in [5.41, 5.74) is 1.55. The van der Waals surface area contributed by atoms with E-state index in [4.69, 9.17) is 23.7 Å². The molecule has 1 aliphatic rings. The molecule has 0 radical (unpaired) electrons. The molecule has 4 rings (SSSR count). The molecule has 10 nitrogen and oxygen atoms in total. The summed E-state index contributed by atoms with van der Waals surface area (Å²) in [6.07, 6.45) is 1.72. The molecule has 2 aromatic carbocycles.